The summed E-state index contributed by atoms with van der Waals surface area (Å²) in [6.45, 7) is 3.85. The Labute approximate surface area is 219 Å². The van der Waals surface area contributed by atoms with Crippen LogP contribution >= 0.6 is 0 Å². The molecule has 38 heavy (non-hydrogen) atoms. The molecule has 0 saturated carbocycles. The zero-order valence-corrected chi connectivity index (χ0v) is 21.1. The van der Waals surface area contributed by atoms with Gasteiger partial charge < -0.3 is 28.6 Å². The molecule has 0 radical (unpaired) electrons. The van der Waals surface area contributed by atoms with E-state index in [1.54, 1.807) is 42.6 Å². The van der Waals surface area contributed by atoms with Gasteiger partial charge in [0.1, 0.15) is 23.0 Å². The molecule has 0 bridgehead atoms. The number of ether oxygens (including phenoxy) is 3. The lowest BCUT2D eigenvalue weighted by Gasteiger charge is -2.25. The predicted octanol–water partition coefficient (Wildman–Crippen LogP) is 4.30. The van der Waals surface area contributed by atoms with E-state index in [0.29, 0.717) is 49.0 Å². The lowest BCUT2D eigenvalue weighted by atomic mass is 9.90. The number of furan rings is 1. The highest BCUT2D eigenvalue weighted by atomic mass is 16.5. The highest BCUT2D eigenvalue weighted by Gasteiger charge is 2.37. The first-order valence-corrected chi connectivity index (χ1v) is 12.3. The third-order valence-corrected chi connectivity index (χ3v) is 6.69. The monoisotopic (exact) mass is 517 g/mol. The van der Waals surface area contributed by atoms with Gasteiger partial charge in [0.05, 0.1) is 38.2 Å². The largest absolute Gasteiger partial charge is 0.508 e. The van der Waals surface area contributed by atoms with E-state index in [2.05, 4.69) is 0 Å². The fourth-order valence-electron chi connectivity index (χ4n) is 4.62. The van der Waals surface area contributed by atoms with Gasteiger partial charge in [0.2, 0.25) is 5.78 Å². The van der Waals surface area contributed by atoms with Gasteiger partial charge >= 0.3 is 5.97 Å². The predicted molar refractivity (Wildman–Crippen MR) is 136 cm³/mol. The van der Waals surface area contributed by atoms with Crippen molar-refractivity contribution >= 4 is 17.5 Å². The van der Waals surface area contributed by atoms with E-state index in [1.165, 1.54) is 26.2 Å². The molecule has 1 aromatic heterocycles. The first kappa shape index (κ1) is 25.3. The molecule has 2 aliphatic heterocycles. The number of esters is 1. The highest BCUT2D eigenvalue weighted by Crippen LogP contribution is 2.47. The van der Waals surface area contributed by atoms with Crippen LogP contribution in [0.1, 0.15) is 51.3 Å². The molecular formula is C29H27NO8. The number of nitrogens with zero attached hydrogens (tertiary/aromatic N) is 1. The summed E-state index contributed by atoms with van der Waals surface area (Å²) in [7, 11) is 1.28. The Hall–Kier alpha value is -4.37. The topological polar surface area (TPSA) is 116 Å². The number of ketones is 2. The van der Waals surface area contributed by atoms with Gasteiger partial charge in [-0.15, -0.1) is 0 Å². The van der Waals surface area contributed by atoms with Crippen molar-refractivity contribution in [2.75, 3.05) is 33.4 Å². The molecule has 1 saturated heterocycles. The summed E-state index contributed by atoms with van der Waals surface area (Å²) in [5.41, 5.74) is 1.87. The first-order valence-electron chi connectivity index (χ1n) is 12.3. The molecule has 5 rings (SSSR count). The maximum atomic E-state index is 13.2. The summed E-state index contributed by atoms with van der Waals surface area (Å²) in [4.78, 5) is 39.2. The Kier molecular flexibility index (Phi) is 7.02. The molecule has 3 heterocycles. The van der Waals surface area contributed by atoms with E-state index < -0.39 is 11.9 Å². The minimum absolute atomic E-state index is 0.0418. The molecule has 1 fully saturated rings. The van der Waals surface area contributed by atoms with Gasteiger partial charge in [0.15, 0.2) is 11.5 Å². The van der Waals surface area contributed by atoms with E-state index in [0.717, 1.165) is 5.56 Å². The van der Waals surface area contributed by atoms with E-state index >= 15 is 0 Å². The maximum Gasteiger partial charge on any atom is 0.306 e. The van der Waals surface area contributed by atoms with E-state index in [9.17, 15) is 19.5 Å². The van der Waals surface area contributed by atoms with Gasteiger partial charge in [0.25, 0.3) is 0 Å². The average Bonchev–Trinajstić information content (AvgIpc) is 3.53. The zero-order chi connectivity index (χ0) is 26.8. The van der Waals surface area contributed by atoms with Crippen LogP contribution in [-0.4, -0.2) is 61.0 Å². The molecule has 9 nitrogen and oxygen atoms in total. The Balaban J connectivity index is 1.53. The number of phenolic OH excluding ortho intramolecular Hbond substituents is 1. The number of carbonyl (C=O) groups excluding carboxylic acids is 3. The number of morpholine rings is 1. The molecule has 1 atom stereocenters. The number of rotatable bonds is 7. The minimum atomic E-state index is -0.793. The van der Waals surface area contributed by atoms with Crippen molar-refractivity contribution in [3.8, 4) is 22.8 Å². The third kappa shape index (κ3) is 4.92. The number of allylic oxidation sites excluding steroid dienone is 1. The number of aromatic hydroxyl groups is 1. The number of fused-ring (bicyclic) bond motifs is 1. The molecule has 9 heteroatoms. The van der Waals surface area contributed by atoms with Gasteiger partial charge in [-0.1, -0.05) is 24.3 Å². The fraction of sp³-hybridized carbons (Fsp3) is 0.276. The molecule has 3 aromatic rings. The molecule has 0 aliphatic carbocycles. The number of benzene rings is 2. The van der Waals surface area contributed by atoms with Crippen molar-refractivity contribution < 1.29 is 38.1 Å². The Morgan fingerprint density at radius 2 is 1.82 bits per heavy atom. The van der Waals surface area contributed by atoms with Crippen LogP contribution in [0.3, 0.4) is 0 Å². The molecule has 0 unspecified atom stereocenters. The van der Waals surface area contributed by atoms with Gasteiger partial charge in [-0.2, -0.15) is 0 Å². The average molecular weight is 518 g/mol. The van der Waals surface area contributed by atoms with Crippen molar-refractivity contribution in [2.45, 2.75) is 19.3 Å². The summed E-state index contributed by atoms with van der Waals surface area (Å²) in [6, 6.07) is 13.4. The van der Waals surface area contributed by atoms with Crippen LogP contribution in [0.25, 0.3) is 11.3 Å². The lowest BCUT2D eigenvalue weighted by Crippen LogP contribution is -2.32. The Morgan fingerprint density at radius 3 is 2.50 bits per heavy atom. The van der Waals surface area contributed by atoms with Crippen LogP contribution in [-0.2, 0) is 14.3 Å². The molecule has 0 amide bonds. The lowest BCUT2D eigenvalue weighted by molar-refractivity contribution is -0.140. The van der Waals surface area contributed by atoms with Gasteiger partial charge in [-0.05, 0) is 31.2 Å². The Morgan fingerprint density at radius 1 is 1.08 bits per heavy atom. The molecule has 2 aromatic carbocycles. The number of carbonyl (C=O) groups is 3. The second-order valence-corrected chi connectivity index (χ2v) is 9.12. The standard InChI is InChI=1S/C29H27NO8/c1-17(31)18-3-5-19(6-4-18)23-9-10-24(37-23)21(15-26(33)35-2)27-22(32)8-7-20-28(34)25(38-29(20)27)16-30-11-13-36-14-12-30/h3-10,16,21,32H,11-15H2,1-2H3/b25-16-/t21-/m0/s1. The second-order valence-electron chi connectivity index (χ2n) is 9.12. The summed E-state index contributed by atoms with van der Waals surface area (Å²) < 4.78 is 22.5. The number of hydrogen-bond donors (Lipinski definition) is 1. The van der Waals surface area contributed by atoms with Crippen LogP contribution in [0.5, 0.6) is 11.5 Å². The summed E-state index contributed by atoms with van der Waals surface area (Å²) in [6.07, 6.45) is 1.51. The van der Waals surface area contributed by atoms with Crippen LogP contribution in [0.15, 0.2) is 64.9 Å². The van der Waals surface area contributed by atoms with Gasteiger partial charge in [-0.25, -0.2) is 0 Å². The fourth-order valence-corrected chi connectivity index (χ4v) is 4.62. The van der Waals surface area contributed by atoms with E-state index in [-0.39, 0.29) is 40.8 Å². The highest BCUT2D eigenvalue weighted by molar-refractivity contribution is 6.12. The smallest absolute Gasteiger partial charge is 0.306 e. The number of methoxy groups -OCH3 is 1. The molecular weight excluding hydrogens is 490 g/mol. The molecule has 0 spiro atoms. The van der Waals surface area contributed by atoms with Crippen molar-refractivity contribution in [1.82, 2.24) is 4.90 Å². The van der Waals surface area contributed by atoms with Crippen molar-refractivity contribution in [3.05, 3.63) is 82.9 Å². The van der Waals surface area contributed by atoms with Crippen molar-refractivity contribution in [3.63, 3.8) is 0 Å². The van der Waals surface area contributed by atoms with Crippen LogP contribution in [0.2, 0.25) is 0 Å². The number of phenols is 1. The van der Waals surface area contributed by atoms with E-state index in [1.807, 2.05) is 4.90 Å². The van der Waals surface area contributed by atoms with Crippen molar-refractivity contribution in [1.29, 1.82) is 0 Å². The summed E-state index contributed by atoms with van der Waals surface area (Å²) >= 11 is 0. The van der Waals surface area contributed by atoms with E-state index in [4.69, 9.17) is 18.6 Å². The molecule has 1 N–H and O–H groups in total. The normalized spacial score (nSPS) is 16.7. The first-order chi connectivity index (χ1) is 18.4. The van der Waals surface area contributed by atoms with Gasteiger partial charge in [-0.3, -0.25) is 14.4 Å². The number of hydrogen-bond acceptors (Lipinski definition) is 9. The SMILES string of the molecule is COC(=O)C[C@@H](c1ccc(-c2ccc(C(C)=O)cc2)o1)c1c(O)ccc2c1O/C(=C\N1CCOCC1)C2=O. The molecule has 196 valence electrons. The quantitative estimate of drug-likeness (QED) is 0.278. The summed E-state index contributed by atoms with van der Waals surface area (Å²) in [5, 5.41) is 10.9. The third-order valence-electron chi connectivity index (χ3n) is 6.69. The molecule has 2 aliphatic rings. The van der Waals surface area contributed by atoms with Crippen LogP contribution in [0.4, 0.5) is 0 Å². The van der Waals surface area contributed by atoms with Crippen molar-refractivity contribution in [2.24, 2.45) is 0 Å². The second kappa shape index (κ2) is 10.5. The minimum Gasteiger partial charge on any atom is -0.508 e. The summed E-state index contributed by atoms with van der Waals surface area (Å²) in [5.74, 6) is -0.587. The van der Waals surface area contributed by atoms with Crippen LogP contribution in [0, 0.1) is 0 Å². The van der Waals surface area contributed by atoms with Crippen LogP contribution < -0.4 is 4.74 Å². The zero-order valence-electron chi connectivity index (χ0n) is 21.1. The number of Topliss-reactive ketones (excluding diaryl/α,β-unsaturated/α-hetero) is 2. The van der Waals surface area contributed by atoms with Gasteiger partial charge in [0, 0.05) is 36.0 Å². The maximum absolute atomic E-state index is 13.2. The Bertz CT molecular complexity index is 1410.